The van der Waals surface area contributed by atoms with Crippen LogP contribution in [0.15, 0.2) is 41.0 Å². The molecule has 0 fully saturated rings. The van der Waals surface area contributed by atoms with Crippen LogP contribution in [0.5, 0.6) is 0 Å². The molecule has 21 heavy (non-hydrogen) atoms. The van der Waals surface area contributed by atoms with Crippen LogP contribution in [0, 0.1) is 18.6 Å². The summed E-state index contributed by atoms with van der Waals surface area (Å²) in [5.74, 6) is -2.43. The molecule has 1 heterocycles. The molecule has 3 rings (SSSR count). The van der Waals surface area contributed by atoms with Gasteiger partial charge in [-0.1, -0.05) is 27.6 Å². The van der Waals surface area contributed by atoms with Crippen molar-refractivity contribution in [1.82, 2.24) is 4.98 Å². The first-order valence-corrected chi connectivity index (χ1v) is 7.03. The Morgan fingerprint density at radius 2 is 1.81 bits per heavy atom. The summed E-state index contributed by atoms with van der Waals surface area (Å²) in [7, 11) is 0. The molecular weight excluding hydrogens is 340 g/mol. The van der Waals surface area contributed by atoms with Crippen molar-refractivity contribution in [2.75, 3.05) is 0 Å². The maximum absolute atomic E-state index is 13.9. The molecule has 0 aliphatic rings. The van der Waals surface area contributed by atoms with Crippen LogP contribution in [0.4, 0.5) is 8.78 Å². The average Bonchev–Trinajstić information content (AvgIpc) is 2.80. The third-order valence-electron chi connectivity index (χ3n) is 3.32. The molecule has 0 aliphatic heterocycles. The molecule has 0 bridgehead atoms. The summed E-state index contributed by atoms with van der Waals surface area (Å²) in [6.45, 7) is 1.89. The van der Waals surface area contributed by atoms with Gasteiger partial charge in [-0.05, 0) is 31.2 Å². The van der Waals surface area contributed by atoms with Crippen molar-refractivity contribution in [2.24, 2.45) is 0 Å². The highest BCUT2D eigenvalue weighted by Crippen LogP contribution is 2.26. The first kappa shape index (κ1) is 13.9. The Balaban J connectivity index is 2.20. The number of hydrogen-bond acceptors (Lipinski definition) is 1. The van der Waals surface area contributed by atoms with Gasteiger partial charge in [-0.25, -0.2) is 8.78 Å². The lowest BCUT2D eigenvalue weighted by molar-refractivity contribution is 0.103. The maximum Gasteiger partial charge on any atom is 0.201 e. The van der Waals surface area contributed by atoms with Crippen molar-refractivity contribution in [3.05, 3.63) is 69.3 Å². The Bertz CT molecular complexity index is 847. The Morgan fingerprint density at radius 3 is 2.48 bits per heavy atom. The Kier molecular flexibility index (Phi) is 3.37. The molecule has 3 aromatic rings. The topological polar surface area (TPSA) is 32.9 Å². The number of rotatable bonds is 2. The molecular formula is C16H10BrF2NO. The predicted molar refractivity (Wildman–Crippen MR) is 80.5 cm³/mol. The summed E-state index contributed by atoms with van der Waals surface area (Å²) >= 11 is 3.00. The molecule has 0 aliphatic carbocycles. The smallest absolute Gasteiger partial charge is 0.201 e. The summed E-state index contributed by atoms with van der Waals surface area (Å²) in [6, 6.07) is 7.70. The van der Waals surface area contributed by atoms with Gasteiger partial charge in [0.2, 0.25) is 5.78 Å². The number of hydrogen-bond donors (Lipinski definition) is 1. The number of aryl methyl sites for hydroxylation is 1. The van der Waals surface area contributed by atoms with Crippen LogP contribution in [-0.2, 0) is 0 Å². The van der Waals surface area contributed by atoms with Crippen LogP contribution in [0.3, 0.4) is 0 Å². The number of ketones is 1. The summed E-state index contributed by atoms with van der Waals surface area (Å²) < 4.78 is 28.1. The number of aromatic amines is 1. The van der Waals surface area contributed by atoms with Crippen molar-refractivity contribution in [1.29, 1.82) is 0 Å². The van der Waals surface area contributed by atoms with E-state index in [-0.39, 0.29) is 10.0 Å². The van der Waals surface area contributed by atoms with Crippen molar-refractivity contribution in [2.45, 2.75) is 6.92 Å². The lowest BCUT2D eigenvalue weighted by Gasteiger charge is -2.05. The lowest BCUT2D eigenvalue weighted by Crippen LogP contribution is -2.07. The Morgan fingerprint density at radius 1 is 1.14 bits per heavy atom. The highest BCUT2D eigenvalue weighted by atomic mass is 79.9. The number of halogens is 3. The molecule has 0 saturated carbocycles. The first-order chi connectivity index (χ1) is 9.97. The van der Waals surface area contributed by atoms with Gasteiger partial charge >= 0.3 is 0 Å². The van der Waals surface area contributed by atoms with Gasteiger partial charge in [0, 0.05) is 27.1 Å². The van der Waals surface area contributed by atoms with Gasteiger partial charge in [0.25, 0.3) is 0 Å². The molecule has 5 heteroatoms. The second kappa shape index (κ2) is 5.07. The van der Waals surface area contributed by atoms with Crippen LogP contribution in [-0.4, -0.2) is 10.8 Å². The monoisotopic (exact) mass is 349 g/mol. The van der Waals surface area contributed by atoms with Crippen LogP contribution in [0.2, 0.25) is 0 Å². The van der Waals surface area contributed by atoms with E-state index in [2.05, 4.69) is 20.9 Å². The molecule has 0 saturated heterocycles. The fraction of sp³-hybridized carbons (Fsp3) is 0.0625. The average molecular weight is 350 g/mol. The Hall–Kier alpha value is -2.01. The molecule has 0 unspecified atom stereocenters. The third kappa shape index (κ3) is 2.38. The van der Waals surface area contributed by atoms with E-state index in [0.29, 0.717) is 5.39 Å². The fourth-order valence-electron chi connectivity index (χ4n) is 2.32. The van der Waals surface area contributed by atoms with E-state index in [9.17, 15) is 13.6 Å². The normalized spacial score (nSPS) is 11.0. The number of aromatic nitrogens is 1. The van der Waals surface area contributed by atoms with Crippen molar-refractivity contribution >= 4 is 32.6 Å². The minimum atomic E-state index is -0.881. The van der Waals surface area contributed by atoms with Crippen LogP contribution in [0.1, 0.15) is 21.5 Å². The largest absolute Gasteiger partial charge is 0.360 e. The van der Waals surface area contributed by atoms with E-state index in [1.165, 1.54) is 6.20 Å². The van der Waals surface area contributed by atoms with E-state index in [4.69, 9.17) is 0 Å². The number of carbonyl (C=O) groups excluding carboxylic acids is 1. The number of fused-ring (bicyclic) bond motifs is 1. The summed E-state index contributed by atoms with van der Waals surface area (Å²) in [4.78, 5) is 15.4. The molecule has 1 N–H and O–H groups in total. The summed E-state index contributed by atoms with van der Waals surface area (Å²) in [5.41, 5.74) is 1.43. The van der Waals surface area contributed by atoms with Crippen molar-refractivity contribution < 1.29 is 13.6 Å². The molecule has 0 amide bonds. The summed E-state index contributed by atoms with van der Waals surface area (Å²) in [6.07, 6.45) is 1.48. The fourth-order valence-corrected chi connectivity index (χ4v) is 2.72. The second-order valence-electron chi connectivity index (χ2n) is 4.82. The van der Waals surface area contributed by atoms with Crippen molar-refractivity contribution in [3.63, 3.8) is 0 Å². The van der Waals surface area contributed by atoms with E-state index < -0.39 is 23.0 Å². The zero-order chi connectivity index (χ0) is 15.1. The van der Waals surface area contributed by atoms with Gasteiger partial charge in [-0.15, -0.1) is 0 Å². The predicted octanol–water partition coefficient (Wildman–Crippen LogP) is 4.75. The summed E-state index contributed by atoms with van der Waals surface area (Å²) in [5, 5.41) is 0.654. The molecule has 2 nitrogen and oxygen atoms in total. The molecule has 0 atom stereocenters. The lowest BCUT2D eigenvalue weighted by atomic mass is 10.0. The van der Waals surface area contributed by atoms with Gasteiger partial charge in [0.05, 0.1) is 5.56 Å². The standard InChI is InChI=1S/C16H10BrF2NO/c1-8-2-3-14-10(4-8)11(7-20-14)16(21)15-12(18)5-9(17)6-13(15)19/h2-7,20H,1H3. The minimum Gasteiger partial charge on any atom is -0.360 e. The van der Waals surface area contributed by atoms with Gasteiger partial charge in [0.15, 0.2) is 0 Å². The van der Waals surface area contributed by atoms with Crippen molar-refractivity contribution in [3.8, 4) is 0 Å². The quantitative estimate of drug-likeness (QED) is 0.665. The molecule has 0 radical (unpaired) electrons. The van der Waals surface area contributed by atoms with Gasteiger partial charge in [-0.3, -0.25) is 4.79 Å². The van der Waals surface area contributed by atoms with Crippen LogP contribution >= 0.6 is 15.9 Å². The highest BCUT2D eigenvalue weighted by molar-refractivity contribution is 9.10. The molecule has 0 spiro atoms. The number of nitrogens with one attached hydrogen (secondary N) is 1. The highest BCUT2D eigenvalue weighted by Gasteiger charge is 2.22. The molecule has 1 aromatic heterocycles. The van der Waals surface area contributed by atoms with Crippen LogP contribution < -0.4 is 0 Å². The number of carbonyl (C=O) groups is 1. The van der Waals surface area contributed by atoms with E-state index in [0.717, 1.165) is 23.2 Å². The third-order valence-corrected chi connectivity index (χ3v) is 3.77. The zero-order valence-electron chi connectivity index (χ0n) is 11.0. The zero-order valence-corrected chi connectivity index (χ0v) is 12.6. The molecule has 106 valence electrons. The second-order valence-corrected chi connectivity index (χ2v) is 5.74. The minimum absolute atomic E-state index is 0.254. The van der Waals surface area contributed by atoms with Crippen LogP contribution in [0.25, 0.3) is 10.9 Å². The Labute approximate surface area is 127 Å². The first-order valence-electron chi connectivity index (χ1n) is 6.24. The maximum atomic E-state index is 13.9. The van der Waals surface area contributed by atoms with E-state index >= 15 is 0 Å². The van der Waals surface area contributed by atoms with Gasteiger partial charge in [0.1, 0.15) is 11.6 Å². The van der Waals surface area contributed by atoms with E-state index in [1.54, 1.807) is 0 Å². The van der Waals surface area contributed by atoms with Gasteiger partial charge < -0.3 is 4.98 Å². The number of H-pyrrole nitrogens is 1. The SMILES string of the molecule is Cc1ccc2[nH]cc(C(=O)c3c(F)cc(Br)cc3F)c2c1. The molecule has 2 aromatic carbocycles. The number of benzene rings is 2. The van der Waals surface area contributed by atoms with Gasteiger partial charge in [-0.2, -0.15) is 0 Å². The van der Waals surface area contributed by atoms with E-state index in [1.807, 2.05) is 25.1 Å².